The number of hydrogen-bond acceptors (Lipinski definition) is 4. The minimum Gasteiger partial charge on any atom is -0.206 e. The van der Waals surface area contributed by atoms with Crippen LogP contribution in [0.15, 0.2) is 30.6 Å². The molecule has 0 saturated heterocycles. The predicted molar refractivity (Wildman–Crippen MR) is 81.6 cm³/mol. The Labute approximate surface area is 127 Å². The average Bonchev–Trinajstić information content (AvgIpc) is 2.90. The van der Waals surface area contributed by atoms with Crippen LogP contribution in [0, 0.1) is 20.8 Å². The van der Waals surface area contributed by atoms with Crippen molar-refractivity contribution in [3.8, 4) is 17.3 Å². The van der Waals surface area contributed by atoms with Crippen molar-refractivity contribution in [1.82, 2.24) is 24.7 Å². The third-order valence-electron chi connectivity index (χ3n) is 3.21. The summed E-state index contributed by atoms with van der Waals surface area (Å²) in [4.78, 5) is 12.9. The fourth-order valence-corrected chi connectivity index (χ4v) is 2.63. The van der Waals surface area contributed by atoms with E-state index in [4.69, 9.17) is 11.6 Å². The first-order valence-corrected chi connectivity index (χ1v) is 6.92. The lowest BCUT2D eigenvalue weighted by atomic mass is 9.99. The first-order valence-electron chi connectivity index (χ1n) is 6.54. The van der Waals surface area contributed by atoms with Crippen LogP contribution in [0.25, 0.3) is 17.3 Å². The summed E-state index contributed by atoms with van der Waals surface area (Å²) in [5.41, 5.74) is 4.42. The lowest BCUT2D eigenvalue weighted by Crippen LogP contribution is -2.06. The molecule has 5 nitrogen and oxygen atoms in total. The van der Waals surface area contributed by atoms with Crippen LogP contribution < -0.4 is 0 Å². The Morgan fingerprint density at radius 3 is 2.33 bits per heavy atom. The van der Waals surface area contributed by atoms with Crippen molar-refractivity contribution in [3.05, 3.63) is 52.6 Å². The van der Waals surface area contributed by atoms with Crippen molar-refractivity contribution in [2.45, 2.75) is 20.8 Å². The van der Waals surface area contributed by atoms with Crippen LogP contribution in [0.1, 0.15) is 16.7 Å². The van der Waals surface area contributed by atoms with Gasteiger partial charge in [0, 0.05) is 18.0 Å². The van der Waals surface area contributed by atoms with Gasteiger partial charge in [0.15, 0.2) is 5.82 Å². The molecule has 2 aromatic heterocycles. The van der Waals surface area contributed by atoms with Gasteiger partial charge in [-0.3, -0.25) is 0 Å². The van der Waals surface area contributed by atoms with Gasteiger partial charge in [-0.25, -0.2) is 4.68 Å². The van der Waals surface area contributed by atoms with E-state index in [1.807, 2.05) is 13.8 Å². The Kier molecular flexibility index (Phi) is 3.43. The second-order valence-corrected chi connectivity index (χ2v) is 5.29. The molecule has 0 unspecified atom stereocenters. The maximum Gasteiger partial charge on any atom is 0.255 e. The molecule has 3 rings (SSSR count). The summed E-state index contributed by atoms with van der Waals surface area (Å²) in [6.45, 7) is 6.15. The number of hydrogen-bond donors (Lipinski definition) is 0. The van der Waals surface area contributed by atoms with Gasteiger partial charge in [-0.05, 0) is 49.6 Å². The minimum atomic E-state index is 0.157. The normalized spacial score (nSPS) is 10.9. The van der Waals surface area contributed by atoms with E-state index in [2.05, 4.69) is 39.1 Å². The molecule has 21 heavy (non-hydrogen) atoms. The van der Waals surface area contributed by atoms with Gasteiger partial charge in [0.1, 0.15) is 0 Å². The Balaban J connectivity index is 2.20. The van der Waals surface area contributed by atoms with E-state index in [1.165, 1.54) is 5.56 Å². The van der Waals surface area contributed by atoms with Gasteiger partial charge in [0.05, 0.1) is 0 Å². The zero-order valence-corrected chi connectivity index (χ0v) is 12.8. The highest BCUT2D eigenvalue weighted by Crippen LogP contribution is 2.26. The minimum absolute atomic E-state index is 0.157. The van der Waals surface area contributed by atoms with Crippen molar-refractivity contribution < 1.29 is 0 Å². The third kappa shape index (κ3) is 2.64. The number of benzene rings is 1. The molecule has 0 bridgehead atoms. The SMILES string of the molecule is Cc1cc(C)c(-c2nc(Cl)nc(-n3cccn3)n2)c(C)c1. The molecule has 0 spiro atoms. The number of nitrogens with zero attached hydrogens (tertiary/aromatic N) is 5. The van der Waals surface area contributed by atoms with Crippen LogP contribution in [-0.4, -0.2) is 24.7 Å². The molecule has 0 N–H and O–H groups in total. The zero-order valence-electron chi connectivity index (χ0n) is 12.0. The average molecular weight is 300 g/mol. The van der Waals surface area contributed by atoms with Gasteiger partial charge in [0.25, 0.3) is 5.95 Å². The molecule has 0 aliphatic rings. The van der Waals surface area contributed by atoms with Crippen LogP contribution >= 0.6 is 11.6 Å². The molecule has 0 saturated carbocycles. The molecule has 0 radical (unpaired) electrons. The van der Waals surface area contributed by atoms with Crippen molar-refractivity contribution in [1.29, 1.82) is 0 Å². The summed E-state index contributed by atoms with van der Waals surface area (Å²) in [6, 6.07) is 6.01. The second kappa shape index (κ2) is 5.26. The molecule has 6 heteroatoms. The van der Waals surface area contributed by atoms with Crippen molar-refractivity contribution in [3.63, 3.8) is 0 Å². The van der Waals surface area contributed by atoms with E-state index in [1.54, 1.807) is 23.1 Å². The summed E-state index contributed by atoms with van der Waals surface area (Å²) in [7, 11) is 0. The molecule has 0 aliphatic carbocycles. The van der Waals surface area contributed by atoms with Gasteiger partial charge < -0.3 is 0 Å². The van der Waals surface area contributed by atoms with Crippen LogP contribution in [0.2, 0.25) is 5.28 Å². The van der Waals surface area contributed by atoms with Crippen LogP contribution in [0.4, 0.5) is 0 Å². The number of rotatable bonds is 2. The third-order valence-corrected chi connectivity index (χ3v) is 3.38. The van der Waals surface area contributed by atoms with Crippen LogP contribution in [0.5, 0.6) is 0 Å². The predicted octanol–water partition coefficient (Wildman–Crippen LogP) is 3.30. The summed E-state index contributed by atoms with van der Waals surface area (Å²) >= 11 is 6.05. The van der Waals surface area contributed by atoms with Crippen molar-refractivity contribution in [2.75, 3.05) is 0 Å². The van der Waals surface area contributed by atoms with E-state index in [9.17, 15) is 0 Å². The monoisotopic (exact) mass is 299 g/mol. The number of aromatic nitrogens is 5. The number of halogens is 1. The second-order valence-electron chi connectivity index (χ2n) is 4.95. The fraction of sp³-hybridized carbons (Fsp3) is 0.200. The van der Waals surface area contributed by atoms with Gasteiger partial charge in [-0.1, -0.05) is 17.7 Å². The van der Waals surface area contributed by atoms with E-state index < -0.39 is 0 Å². The van der Waals surface area contributed by atoms with Crippen LogP contribution in [-0.2, 0) is 0 Å². The Morgan fingerprint density at radius 1 is 1.00 bits per heavy atom. The Morgan fingerprint density at radius 2 is 1.71 bits per heavy atom. The zero-order chi connectivity index (χ0) is 15.0. The summed E-state index contributed by atoms with van der Waals surface area (Å²) in [5, 5.41) is 4.28. The molecule has 1 aromatic carbocycles. The first kappa shape index (κ1) is 13.7. The molecule has 0 fully saturated rings. The Bertz CT molecular complexity index is 773. The largest absolute Gasteiger partial charge is 0.255 e. The van der Waals surface area contributed by atoms with Crippen molar-refractivity contribution >= 4 is 11.6 Å². The number of aryl methyl sites for hydroxylation is 3. The maximum absolute atomic E-state index is 6.05. The quantitative estimate of drug-likeness (QED) is 0.728. The topological polar surface area (TPSA) is 56.5 Å². The maximum atomic E-state index is 6.05. The van der Waals surface area contributed by atoms with Gasteiger partial charge in [-0.15, -0.1) is 0 Å². The molecular weight excluding hydrogens is 286 g/mol. The summed E-state index contributed by atoms with van der Waals surface area (Å²) in [5.74, 6) is 0.977. The molecule has 106 valence electrons. The molecular formula is C15H14ClN5. The highest BCUT2D eigenvalue weighted by atomic mass is 35.5. The lowest BCUT2D eigenvalue weighted by molar-refractivity contribution is 0.797. The highest BCUT2D eigenvalue weighted by molar-refractivity contribution is 6.28. The first-order chi connectivity index (χ1) is 10.0. The van der Waals surface area contributed by atoms with E-state index in [-0.39, 0.29) is 5.28 Å². The van der Waals surface area contributed by atoms with Crippen LogP contribution in [0.3, 0.4) is 0 Å². The molecule has 0 atom stereocenters. The summed E-state index contributed by atoms with van der Waals surface area (Å²) < 4.78 is 1.57. The van der Waals surface area contributed by atoms with E-state index in [0.717, 1.165) is 16.7 Å². The molecule has 0 aliphatic heterocycles. The van der Waals surface area contributed by atoms with Gasteiger partial charge in [-0.2, -0.15) is 20.1 Å². The van der Waals surface area contributed by atoms with E-state index >= 15 is 0 Å². The molecule has 2 heterocycles. The highest BCUT2D eigenvalue weighted by Gasteiger charge is 2.13. The lowest BCUT2D eigenvalue weighted by Gasteiger charge is -2.11. The fourth-order valence-electron chi connectivity index (χ4n) is 2.47. The van der Waals surface area contributed by atoms with Gasteiger partial charge in [0.2, 0.25) is 5.28 Å². The van der Waals surface area contributed by atoms with Crippen molar-refractivity contribution in [2.24, 2.45) is 0 Å². The molecule has 3 aromatic rings. The smallest absolute Gasteiger partial charge is 0.206 e. The Hall–Kier alpha value is -2.27. The molecule has 0 amide bonds. The van der Waals surface area contributed by atoms with Gasteiger partial charge >= 0.3 is 0 Å². The standard InChI is InChI=1S/C15H14ClN5/c1-9-7-10(2)12(11(3)8-9)13-18-14(16)20-15(19-13)21-6-4-5-17-21/h4-8H,1-3H3. The van der Waals surface area contributed by atoms with E-state index in [0.29, 0.717) is 11.8 Å². The summed E-state index contributed by atoms with van der Waals surface area (Å²) in [6.07, 6.45) is 3.43.